The van der Waals surface area contributed by atoms with Gasteiger partial charge in [-0.3, -0.25) is 0 Å². The van der Waals surface area contributed by atoms with Gasteiger partial charge in [0, 0.05) is 11.4 Å². The van der Waals surface area contributed by atoms with Crippen LogP contribution < -0.4 is 5.32 Å². The summed E-state index contributed by atoms with van der Waals surface area (Å²) in [6.07, 6.45) is 4.30. The van der Waals surface area contributed by atoms with Gasteiger partial charge < -0.3 is 5.32 Å². The summed E-state index contributed by atoms with van der Waals surface area (Å²) >= 11 is 0. The third kappa shape index (κ3) is 4.35. The molecular formula is C15H21N. The summed E-state index contributed by atoms with van der Waals surface area (Å²) in [5.41, 5.74) is 3.69. The van der Waals surface area contributed by atoms with Crippen LogP contribution in [0.4, 0.5) is 5.69 Å². The lowest BCUT2D eigenvalue weighted by Gasteiger charge is -2.06. The van der Waals surface area contributed by atoms with Crippen LogP contribution in [0.5, 0.6) is 0 Å². The Labute approximate surface area is 98.9 Å². The van der Waals surface area contributed by atoms with Crippen LogP contribution in [0, 0.1) is 5.92 Å². The smallest absolute Gasteiger partial charge is 0.0381 e. The Morgan fingerprint density at radius 3 is 2.25 bits per heavy atom. The zero-order chi connectivity index (χ0) is 12.0. The van der Waals surface area contributed by atoms with E-state index in [-0.39, 0.29) is 0 Å². The topological polar surface area (TPSA) is 12.0 Å². The van der Waals surface area contributed by atoms with Crippen molar-refractivity contribution in [2.45, 2.75) is 27.7 Å². The molecule has 0 unspecified atom stereocenters. The van der Waals surface area contributed by atoms with E-state index in [1.807, 2.05) is 18.2 Å². The van der Waals surface area contributed by atoms with E-state index in [9.17, 15) is 0 Å². The van der Waals surface area contributed by atoms with E-state index in [1.165, 1.54) is 5.57 Å². The first-order chi connectivity index (χ1) is 7.59. The van der Waals surface area contributed by atoms with Crippen LogP contribution in [-0.4, -0.2) is 0 Å². The highest BCUT2D eigenvalue weighted by molar-refractivity contribution is 5.47. The van der Waals surface area contributed by atoms with E-state index in [0.717, 1.165) is 11.4 Å². The maximum Gasteiger partial charge on any atom is 0.0381 e. The van der Waals surface area contributed by atoms with Crippen LogP contribution in [0.2, 0.25) is 0 Å². The van der Waals surface area contributed by atoms with E-state index < -0.39 is 0 Å². The second-order valence-corrected chi connectivity index (χ2v) is 4.41. The van der Waals surface area contributed by atoms with Crippen LogP contribution in [-0.2, 0) is 0 Å². The van der Waals surface area contributed by atoms with Gasteiger partial charge in [-0.1, -0.05) is 43.7 Å². The molecule has 0 aromatic heterocycles. The number of para-hydroxylation sites is 1. The molecule has 0 atom stereocenters. The molecule has 0 radical (unpaired) electrons. The molecule has 1 rings (SSSR count). The Morgan fingerprint density at radius 1 is 1.06 bits per heavy atom. The molecule has 0 heterocycles. The van der Waals surface area contributed by atoms with Crippen LogP contribution in [0.3, 0.4) is 0 Å². The lowest BCUT2D eigenvalue weighted by molar-refractivity contribution is 0.769. The van der Waals surface area contributed by atoms with Gasteiger partial charge in [0.2, 0.25) is 0 Å². The first-order valence-electron chi connectivity index (χ1n) is 5.76. The number of hydrogen-bond donors (Lipinski definition) is 1. The van der Waals surface area contributed by atoms with Crippen LogP contribution in [0.1, 0.15) is 27.7 Å². The van der Waals surface area contributed by atoms with Gasteiger partial charge in [0.05, 0.1) is 0 Å². The SMILES string of the molecule is C/C(=C/C=C(\C)Nc1ccccc1)C(C)C. The fourth-order valence-corrected chi connectivity index (χ4v) is 1.24. The van der Waals surface area contributed by atoms with Crippen molar-refractivity contribution in [3.8, 4) is 0 Å². The van der Waals surface area contributed by atoms with Gasteiger partial charge >= 0.3 is 0 Å². The molecule has 0 spiro atoms. The molecule has 0 aliphatic rings. The molecule has 0 amide bonds. The fraction of sp³-hybridized carbons (Fsp3) is 0.333. The summed E-state index contributed by atoms with van der Waals surface area (Å²) in [5, 5.41) is 3.35. The molecule has 86 valence electrons. The summed E-state index contributed by atoms with van der Waals surface area (Å²) in [4.78, 5) is 0. The normalized spacial score (nSPS) is 13.1. The lowest BCUT2D eigenvalue weighted by atomic mass is 10.1. The van der Waals surface area contributed by atoms with Crippen molar-refractivity contribution >= 4 is 5.69 Å². The highest BCUT2D eigenvalue weighted by Gasteiger charge is 1.94. The van der Waals surface area contributed by atoms with E-state index >= 15 is 0 Å². The van der Waals surface area contributed by atoms with E-state index in [0.29, 0.717) is 5.92 Å². The summed E-state index contributed by atoms with van der Waals surface area (Å²) in [5.74, 6) is 0.612. The van der Waals surface area contributed by atoms with Crippen molar-refractivity contribution in [3.63, 3.8) is 0 Å². The van der Waals surface area contributed by atoms with Crippen LogP contribution in [0.15, 0.2) is 53.8 Å². The molecule has 1 aromatic rings. The van der Waals surface area contributed by atoms with Gasteiger partial charge in [0.1, 0.15) is 0 Å². The highest BCUT2D eigenvalue weighted by Crippen LogP contribution is 2.11. The van der Waals surface area contributed by atoms with Crippen molar-refractivity contribution in [1.29, 1.82) is 0 Å². The van der Waals surface area contributed by atoms with Gasteiger partial charge in [-0.15, -0.1) is 0 Å². The van der Waals surface area contributed by atoms with Crippen molar-refractivity contribution in [2.24, 2.45) is 5.92 Å². The Bertz CT molecular complexity index is 372. The number of nitrogens with one attached hydrogen (secondary N) is 1. The zero-order valence-electron chi connectivity index (χ0n) is 10.6. The third-order valence-electron chi connectivity index (χ3n) is 2.62. The standard InChI is InChI=1S/C15H21N/c1-12(2)13(3)10-11-14(4)16-15-8-6-5-7-9-15/h5-12,16H,1-4H3/b13-10-,14-11+. The lowest BCUT2D eigenvalue weighted by Crippen LogP contribution is -1.95. The average Bonchev–Trinajstić information content (AvgIpc) is 2.27. The minimum Gasteiger partial charge on any atom is -0.359 e. The largest absolute Gasteiger partial charge is 0.359 e. The van der Waals surface area contributed by atoms with Crippen molar-refractivity contribution in [2.75, 3.05) is 5.32 Å². The van der Waals surface area contributed by atoms with Crippen molar-refractivity contribution in [1.82, 2.24) is 0 Å². The second-order valence-electron chi connectivity index (χ2n) is 4.41. The molecule has 1 heteroatoms. The molecule has 1 aromatic carbocycles. The molecule has 0 saturated heterocycles. The highest BCUT2D eigenvalue weighted by atomic mass is 14.9. The maximum atomic E-state index is 3.35. The molecule has 0 fully saturated rings. The molecule has 0 aliphatic carbocycles. The average molecular weight is 215 g/mol. The number of allylic oxidation sites excluding steroid dienone is 4. The van der Waals surface area contributed by atoms with Gasteiger partial charge in [-0.05, 0) is 38.0 Å². The van der Waals surface area contributed by atoms with Gasteiger partial charge in [-0.25, -0.2) is 0 Å². The molecule has 0 aliphatic heterocycles. The zero-order valence-corrected chi connectivity index (χ0v) is 10.6. The molecule has 0 bridgehead atoms. The Morgan fingerprint density at radius 2 is 1.69 bits per heavy atom. The molecule has 16 heavy (non-hydrogen) atoms. The minimum atomic E-state index is 0.612. The molecular weight excluding hydrogens is 194 g/mol. The summed E-state index contributed by atoms with van der Waals surface area (Å²) in [7, 11) is 0. The maximum absolute atomic E-state index is 3.35. The Kier molecular flexibility index (Phi) is 4.84. The van der Waals surface area contributed by atoms with Gasteiger partial charge in [-0.2, -0.15) is 0 Å². The van der Waals surface area contributed by atoms with Crippen molar-refractivity contribution in [3.05, 3.63) is 53.8 Å². The number of anilines is 1. The second kappa shape index (κ2) is 6.16. The first-order valence-corrected chi connectivity index (χ1v) is 5.76. The minimum absolute atomic E-state index is 0.612. The predicted molar refractivity (Wildman–Crippen MR) is 72.4 cm³/mol. The Balaban J connectivity index is 2.62. The number of rotatable bonds is 4. The summed E-state index contributed by atoms with van der Waals surface area (Å²) in [6.45, 7) is 8.66. The van der Waals surface area contributed by atoms with E-state index in [1.54, 1.807) is 0 Å². The van der Waals surface area contributed by atoms with E-state index in [2.05, 4.69) is 57.3 Å². The van der Waals surface area contributed by atoms with Gasteiger partial charge in [0.15, 0.2) is 0 Å². The summed E-state index contributed by atoms with van der Waals surface area (Å²) in [6, 6.07) is 10.2. The van der Waals surface area contributed by atoms with Crippen molar-refractivity contribution < 1.29 is 0 Å². The third-order valence-corrected chi connectivity index (χ3v) is 2.62. The molecule has 1 nitrogen and oxygen atoms in total. The number of benzene rings is 1. The molecule has 1 N–H and O–H groups in total. The predicted octanol–water partition coefficient (Wildman–Crippen LogP) is 4.60. The quantitative estimate of drug-likeness (QED) is 0.723. The summed E-state index contributed by atoms with van der Waals surface area (Å²) < 4.78 is 0. The molecule has 0 saturated carbocycles. The Hall–Kier alpha value is -1.50. The number of hydrogen-bond acceptors (Lipinski definition) is 1. The van der Waals surface area contributed by atoms with Gasteiger partial charge in [0.25, 0.3) is 0 Å². The van der Waals surface area contributed by atoms with Crippen LogP contribution in [0.25, 0.3) is 0 Å². The fourth-order valence-electron chi connectivity index (χ4n) is 1.24. The van der Waals surface area contributed by atoms with Crippen LogP contribution >= 0.6 is 0 Å². The van der Waals surface area contributed by atoms with E-state index in [4.69, 9.17) is 0 Å². The first kappa shape index (κ1) is 12.6. The monoisotopic (exact) mass is 215 g/mol.